The van der Waals surface area contributed by atoms with E-state index in [1.54, 1.807) is 18.2 Å². The lowest BCUT2D eigenvalue weighted by Crippen LogP contribution is -2.27. The molecule has 27 heavy (non-hydrogen) atoms. The highest BCUT2D eigenvalue weighted by atomic mass is 35.5. The van der Waals surface area contributed by atoms with Crippen molar-refractivity contribution in [3.05, 3.63) is 72.4 Å². The van der Waals surface area contributed by atoms with E-state index in [9.17, 15) is 4.79 Å². The number of nitrogens with one attached hydrogen (secondary N) is 1. The van der Waals surface area contributed by atoms with Gasteiger partial charge >= 0.3 is 0 Å². The summed E-state index contributed by atoms with van der Waals surface area (Å²) in [5, 5.41) is 3.71. The number of hydrogen-bond acceptors (Lipinski definition) is 5. The van der Waals surface area contributed by atoms with E-state index in [2.05, 4.69) is 28.4 Å². The summed E-state index contributed by atoms with van der Waals surface area (Å²) in [5.41, 5.74) is 1.19. The van der Waals surface area contributed by atoms with Crippen molar-refractivity contribution >= 4 is 35.1 Å². The van der Waals surface area contributed by atoms with Crippen LogP contribution in [-0.2, 0) is 11.2 Å². The van der Waals surface area contributed by atoms with Crippen LogP contribution in [-0.4, -0.2) is 41.3 Å². The lowest BCUT2D eigenvalue weighted by Gasteiger charge is -2.20. The fraction of sp³-hybridized carbons (Fsp3) is 0.250. The molecule has 1 aromatic carbocycles. The van der Waals surface area contributed by atoms with Gasteiger partial charge in [0.05, 0.1) is 5.75 Å². The number of carbonyl (C=O) groups excluding carboxylic acids is 1. The molecule has 1 heterocycles. The summed E-state index contributed by atoms with van der Waals surface area (Å²) >= 11 is 7.38. The van der Waals surface area contributed by atoms with Crippen LogP contribution < -0.4 is 10.2 Å². The lowest BCUT2D eigenvalue weighted by atomic mass is 10.1. The largest absolute Gasteiger partial charge is 0.355 e. The van der Waals surface area contributed by atoms with Gasteiger partial charge in [0.1, 0.15) is 11.0 Å². The number of anilines is 1. The maximum atomic E-state index is 12.1. The number of halogens is 1. The molecule has 7 heteroatoms. The van der Waals surface area contributed by atoms with Crippen molar-refractivity contribution in [1.29, 1.82) is 0 Å². The average Bonchev–Trinajstić information content (AvgIpc) is 2.67. The molecular weight excluding hydrogens is 380 g/mol. The molecule has 0 saturated heterocycles. The molecule has 0 fully saturated rings. The molecule has 2 aromatic rings. The Morgan fingerprint density at radius 2 is 1.89 bits per heavy atom. The van der Waals surface area contributed by atoms with Crippen LogP contribution in [0, 0.1) is 0 Å². The van der Waals surface area contributed by atoms with E-state index >= 15 is 0 Å². The Kier molecular flexibility index (Phi) is 8.87. The molecule has 2 rings (SSSR count). The summed E-state index contributed by atoms with van der Waals surface area (Å²) in [4.78, 5) is 22.7. The SMILES string of the molecule is C=CCN(CC=C)c1cc(Cl)nc(SCC(=O)NCCc2ccccc2)n1. The van der Waals surface area contributed by atoms with Gasteiger partial charge in [-0.05, 0) is 12.0 Å². The van der Waals surface area contributed by atoms with Crippen molar-refractivity contribution in [1.82, 2.24) is 15.3 Å². The van der Waals surface area contributed by atoms with Gasteiger partial charge in [0.15, 0.2) is 5.16 Å². The van der Waals surface area contributed by atoms with Gasteiger partial charge in [0, 0.05) is 25.7 Å². The number of rotatable bonds is 11. The number of benzene rings is 1. The van der Waals surface area contributed by atoms with Crippen molar-refractivity contribution in [3.8, 4) is 0 Å². The van der Waals surface area contributed by atoms with Crippen LogP contribution in [0.25, 0.3) is 0 Å². The third-order valence-corrected chi connectivity index (χ3v) is 4.64. The first-order chi connectivity index (χ1) is 13.1. The first kappa shape index (κ1) is 21.0. The van der Waals surface area contributed by atoms with Crippen LogP contribution in [0.4, 0.5) is 5.82 Å². The molecule has 0 atom stereocenters. The molecule has 0 unspecified atom stereocenters. The molecule has 1 aromatic heterocycles. The predicted molar refractivity (Wildman–Crippen MR) is 114 cm³/mol. The van der Waals surface area contributed by atoms with Gasteiger partial charge in [-0.2, -0.15) is 0 Å². The van der Waals surface area contributed by atoms with E-state index in [4.69, 9.17) is 11.6 Å². The summed E-state index contributed by atoms with van der Waals surface area (Å²) in [6.07, 6.45) is 4.37. The zero-order valence-electron chi connectivity index (χ0n) is 15.1. The van der Waals surface area contributed by atoms with E-state index in [0.29, 0.717) is 35.8 Å². The normalized spacial score (nSPS) is 10.3. The minimum absolute atomic E-state index is 0.0601. The molecule has 142 valence electrons. The zero-order chi connectivity index (χ0) is 19.5. The molecule has 0 saturated carbocycles. The Labute approximate surface area is 169 Å². The quantitative estimate of drug-likeness (QED) is 0.268. The molecule has 1 N–H and O–H groups in total. The smallest absolute Gasteiger partial charge is 0.230 e. The highest BCUT2D eigenvalue weighted by molar-refractivity contribution is 7.99. The highest BCUT2D eigenvalue weighted by Crippen LogP contribution is 2.21. The Morgan fingerprint density at radius 1 is 1.19 bits per heavy atom. The summed E-state index contributed by atoms with van der Waals surface area (Å²) in [7, 11) is 0. The van der Waals surface area contributed by atoms with Crippen LogP contribution in [0.2, 0.25) is 5.15 Å². The van der Waals surface area contributed by atoms with Gasteiger partial charge in [-0.3, -0.25) is 4.79 Å². The first-order valence-corrected chi connectivity index (χ1v) is 9.93. The second-order valence-corrected chi connectivity index (χ2v) is 7.02. The second kappa shape index (κ2) is 11.4. The molecule has 0 aliphatic heterocycles. The number of nitrogens with zero attached hydrogens (tertiary/aromatic N) is 3. The molecule has 1 amide bonds. The van der Waals surface area contributed by atoms with Crippen molar-refractivity contribution in [3.63, 3.8) is 0 Å². The molecule has 0 aliphatic rings. The number of hydrogen-bond donors (Lipinski definition) is 1. The number of thioether (sulfide) groups is 1. The summed E-state index contributed by atoms with van der Waals surface area (Å²) in [6.45, 7) is 9.33. The minimum Gasteiger partial charge on any atom is -0.355 e. The second-order valence-electron chi connectivity index (χ2n) is 5.69. The van der Waals surface area contributed by atoms with E-state index in [1.807, 2.05) is 35.2 Å². The van der Waals surface area contributed by atoms with Crippen LogP contribution in [0.3, 0.4) is 0 Å². The third kappa shape index (κ3) is 7.45. The van der Waals surface area contributed by atoms with E-state index < -0.39 is 0 Å². The standard InChI is InChI=1S/C20H23ClN4OS/c1-3-12-25(13-4-2)18-14-17(21)23-20(24-18)27-15-19(26)22-11-10-16-8-6-5-7-9-16/h3-9,14H,1-2,10-13,15H2,(H,22,26). The fourth-order valence-electron chi connectivity index (χ4n) is 2.36. The van der Waals surface area contributed by atoms with Crippen LogP contribution in [0.5, 0.6) is 0 Å². The lowest BCUT2D eigenvalue weighted by molar-refractivity contribution is -0.118. The van der Waals surface area contributed by atoms with Gasteiger partial charge in [-0.1, -0.05) is 65.8 Å². The van der Waals surface area contributed by atoms with Gasteiger partial charge in [-0.15, -0.1) is 13.2 Å². The molecule has 0 radical (unpaired) electrons. The molecular formula is C20H23ClN4OS. The van der Waals surface area contributed by atoms with Gasteiger partial charge in [-0.25, -0.2) is 9.97 Å². The minimum atomic E-state index is -0.0601. The Balaban J connectivity index is 1.87. The maximum Gasteiger partial charge on any atom is 0.230 e. The van der Waals surface area contributed by atoms with Crippen LogP contribution in [0.1, 0.15) is 5.56 Å². The maximum absolute atomic E-state index is 12.1. The van der Waals surface area contributed by atoms with Crippen molar-refractivity contribution < 1.29 is 4.79 Å². The monoisotopic (exact) mass is 402 g/mol. The zero-order valence-corrected chi connectivity index (χ0v) is 16.7. The van der Waals surface area contributed by atoms with E-state index in [-0.39, 0.29) is 11.7 Å². The van der Waals surface area contributed by atoms with Gasteiger partial charge < -0.3 is 10.2 Å². The first-order valence-electron chi connectivity index (χ1n) is 8.57. The van der Waals surface area contributed by atoms with E-state index in [0.717, 1.165) is 6.42 Å². The number of carbonyl (C=O) groups is 1. The topological polar surface area (TPSA) is 58.1 Å². The average molecular weight is 403 g/mol. The predicted octanol–water partition coefficient (Wildman–Crippen LogP) is 3.76. The fourth-order valence-corrected chi connectivity index (χ4v) is 3.27. The molecule has 0 spiro atoms. The van der Waals surface area contributed by atoms with Crippen molar-refractivity contribution in [2.45, 2.75) is 11.6 Å². The Hall–Kier alpha value is -2.31. The number of amides is 1. The molecule has 5 nitrogen and oxygen atoms in total. The van der Waals surface area contributed by atoms with Crippen LogP contribution >= 0.6 is 23.4 Å². The van der Waals surface area contributed by atoms with Gasteiger partial charge in [0.2, 0.25) is 5.91 Å². The molecule has 0 bridgehead atoms. The third-order valence-electron chi connectivity index (χ3n) is 3.59. The van der Waals surface area contributed by atoms with Crippen molar-refractivity contribution in [2.24, 2.45) is 0 Å². The highest BCUT2D eigenvalue weighted by Gasteiger charge is 2.11. The summed E-state index contributed by atoms with van der Waals surface area (Å²) in [6, 6.07) is 11.7. The van der Waals surface area contributed by atoms with E-state index in [1.165, 1.54) is 17.3 Å². The van der Waals surface area contributed by atoms with Crippen LogP contribution in [0.15, 0.2) is 66.9 Å². The van der Waals surface area contributed by atoms with Gasteiger partial charge in [0.25, 0.3) is 0 Å². The Morgan fingerprint density at radius 3 is 2.56 bits per heavy atom. The van der Waals surface area contributed by atoms with Crippen molar-refractivity contribution in [2.75, 3.05) is 30.3 Å². The summed E-state index contributed by atoms with van der Waals surface area (Å²) in [5.74, 6) is 0.856. The summed E-state index contributed by atoms with van der Waals surface area (Å²) < 4.78 is 0. The Bertz CT molecular complexity index is 760. The number of aromatic nitrogens is 2. The molecule has 0 aliphatic carbocycles.